The van der Waals surface area contributed by atoms with Gasteiger partial charge >= 0.3 is 24.2 Å². The average Bonchev–Trinajstić information content (AvgIpc) is 2.51. The van der Waals surface area contributed by atoms with E-state index in [2.05, 4.69) is 0 Å². The smallest absolute Gasteiger partial charge is 0.218 e. The molecule has 154 valence electrons. The van der Waals surface area contributed by atoms with Crippen LogP contribution in [0, 0.1) is 9.39 Å². The summed E-state index contributed by atoms with van der Waals surface area (Å²) in [6, 6.07) is 2.53. The van der Waals surface area contributed by atoms with Gasteiger partial charge in [-0.15, -0.1) is 0 Å². The van der Waals surface area contributed by atoms with E-state index in [9.17, 15) is 48.3 Å². The quantitative estimate of drug-likeness (QED) is 0.278. The summed E-state index contributed by atoms with van der Waals surface area (Å²) in [4.78, 5) is 0. The number of hydrogen-bond donors (Lipinski definition) is 0. The van der Waals surface area contributed by atoms with E-state index in [1.54, 1.807) is 0 Å². The zero-order chi connectivity index (χ0) is 21.7. The molecular weight excluding hydrogens is 528 g/mol. The van der Waals surface area contributed by atoms with E-state index in [0.717, 1.165) is 34.7 Å². The van der Waals surface area contributed by atoms with Crippen molar-refractivity contribution in [2.24, 2.45) is 0 Å². The summed E-state index contributed by atoms with van der Waals surface area (Å²) in [6.45, 7) is 0. The molecule has 28 heavy (non-hydrogen) atoms. The summed E-state index contributed by atoms with van der Waals surface area (Å²) in [5.74, 6) is -0.912. The highest BCUT2D eigenvalue weighted by molar-refractivity contribution is 14.1. The van der Waals surface area contributed by atoms with Crippen LogP contribution in [0.3, 0.4) is 0 Å². The predicted molar refractivity (Wildman–Crippen MR) is 84.5 cm³/mol. The van der Waals surface area contributed by atoms with Crippen LogP contribution in [0.5, 0.6) is 0 Å². The molecule has 0 aliphatic rings. The predicted octanol–water partition coefficient (Wildman–Crippen LogP) is 7.41. The van der Waals surface area contributed by atoms with Crippen molar-refractivity contribution in [1.29, 1.82) is 0 Å². The lowest BCUT2D eigenvalue weighted by molar-refractivity contribution is -0.348. The lowest BCUT2D eigenvalue weighted by Gasteiger charge is -2.33. The van der Waals surface area contributed by atoms with Crippen LogP contribution in [0.25, 0.3) is 11.1 Å². The van der Waals surface area contributed by atoms with Crippen molar-refractivity contribution < 1.29 is 48.3 Å². The van der Waals surface area contributed by atoms with E-state index in [0.29, 0.717) is 12.1 Å². The molecule has 2 aromatic carbocycles. The Morgan fingerprint density at radius 1 is 0.679 bits per heavy atom. The molecule has 0 aliphatic carbocycles. The van der Waals surface area contributed by atoms with Gasteiger partial charge in [-0.1, -0.05) is 12.1 Å². The normalized spacial score (nSPS) is 13.7. The van der Waals surface area contributed by atoms with Crippen LogP contribution in [0.1, 0.15) is 11.1 Å². The van der Waals surface area contributed by atoms with Gasteiger partial charge < -0.3 is 0 Å². The largest absolute Gasteiger partial charge is 0.435 e. The summed E-state index contributed by atoms with van der Waals surface area (Å²) in [5.41, 5.74) is -11.9. The van der Waals surface area contributed by atoms with Gasteiger partial charge in [0, 0.05) is 14.7 Å². The van der Waals surface area contributed by atoms with Gasteiger partial charge in [0.1, 0.15) is 5.82 Å². The van der Waals surface area contributed by atoms with Gasteiger partial charge in [-0.2, -0.15) is 39.5 Å². The standard InChI is InChI=1S/C16H6F11I/c17-9-3-1-7(2-4-9)12-10(5-8(6-11(12)28)14(19,20)21)13(18,15(22,23)24)16(25,26)27/h1-6H. The number of halogens is 12. The Hall–Kier alpha value is -1.60. The fourth-order valence-corrected chi connectivity index (χ4v) is 3.36. The molecule has 0 saturated carbocycles. The van der Waals surface area contributed by atoms with Crippen LogP contribution in [0.2, 0.25) is 0 Å². The molecule has 2 rings (SSSR count). The van der Waals surface area contributed by atoms with Crippen molar-refractivity contribution in [2.45, 2.75) is 24.2 Å². The maximum atomic E-state index is 14.6. The highest BCUT2D eigenvalue weighted by Crippen LogP contribution is 2.56. The number of hydrogen-bond acceptors (Lipinski definition) is 0. The van der Waals surface area contributed by atoms with Gasteiger partial charge in [0.2, 0.25) is 0 Å². The third kappa shape index (κ3) is 3.92. The minimum absolute atomic E-state index is 0.274. The van der Waals surface area contributed by atoms with Crippen LogP contribution < -0.4 is 0 Å². The highest BCUT2D eigenvalue weighted by atomic mass is 127. The minimum atomic E-state index is -6.62. The van der Waals surface area contributed by atoms with Crippen LogP contribution in [0.15, 0.2) is 36.4 Å². The Bertz CT molecular complexity index is 846. The fraction of sp³-hybridized carbons (Fsp3) is 0.250. The molecule has 2 aromatic rings. The first-order valence-electron chi connectivity index (χ1n) is 6.99. The van der Waals surface area contributed by atoms with Crippen LogP contribution in [-0.4, -0.2) is 12.4 Å². The summed E-state index contributed by atoms with van der Waals surface area (Å²) < 4.78 is 145. The van der Waals surface area contributed by atoms with E-state index < -0.39 is 61.9 Å². The first-order valence-corrected chi connectivity index (χ1v) is 8.07. The van der Waals surface area contributed by atoms with Gasteiger partial charge in [0.05, 0.1) is 5.56 Å². The second-order valence-electron chi connectivity index (χ2n) is 5.54. The van der Waals surface area contributed by atoms with Crippen molar-refractivity contribution in [3.05, 3.63) is 56.9 Å². The van der Waals surface area contributed by atoms with Gasteiger partial charge in [0.25, 0.3) is 0 Å². The zero-order valence-electron chi connectivity index (χ0n) is 13.0. The molecule has 0 radical (unpaired) electrons. The van der Waals surface area contributed by atoms with Gasteiger partial charge in [-0.25, -0.2) is 8.78 Å². The number of benzene rings is 2. The Morgan fingerprint density at radius 3 is 1.54 bits per heavy atom. The van der Waals surface area contributed by atoms with Crippen molar-refractivity contribution in [1.82, 2.24) is 0 Å². The van der Waals surface area contributed by atoms with Crippen LogP contribution in [-0.2, 0) is 11.8 Å². The molecule has 0 unspecified atom stereocenters. The second kappa shape index (κ2) is 7.02. The van der Waals surface area contributed by atoms with Gasteiger partial charge in [0.15, 0.2) is 0 Å². The van der Waals surface area contributed by atoms with Crippen molar-refractivity contribution in [3.63, 3.8) is 0 Å². The molecule has 0 saturated heterocycles. The molecule has 0 amide bonds. The first kappa shape index (κ1) is 22.7. The molecule has 0 spiro atoms. The zero-order valence-corrected chi connectivity index (χ0v) is 15.2. The molecule has 0 aromatic heterocycles. The number of rotatable bonds is 2. The topological polar surface area (TPSA) is 0 Å². The highest BCUT2D eigenvalue weighted by Gasteiger charge is 2.74. The Kier molecular flexibility index (Phi) is 5.69. The Labute approximate surface area is 163 Å². The van der Waals surface area contributed by atoms with Crippen LogP contribution >= 0.6 is 22.6 Å². The lowest BCUT2D eigenvalue weighted by atomic mass is 9.85. The molecule has 0 nitrogen and oxygen atoms in total. The van der Waals surface area contributed by atoms with Crippen molar-refractivity contribution in [2.75, 3.05) is 0 Å². The SMILES string of the molecule is Fc1ccc(-c2c(I)cc(C(F)(F)F)cc2C(F)(C(F)(F)F)C(F)(F)F)cc1. The molecule has 0 aliphatic heterocycles. The average molecular weight is 534 g/mol. The van der Waals surface area contributed by atoms with Crippen LogP contribution in [0.4, 0.5) is 48.3 Å². The molecule has 0 heterocycles. The van der Waals surface area contributed by atoms with E-state index in [1.165, 1.54) is 0 Å². The summed E-state index contributed by atoms with van der Waals surface area (Å²) >= 11 is 1.07. The Balaban J connectivity index is 3.00. The molecule has 0 N–H and O–H groups in total. The Morgan fingerprint density at radius 2 is 1.14 bits per heavy atom. The summed E-state index contributed by atoms with van der Waals surface area (Å²) in [6.07, 6.45) is -18.6. The maximum Gasteiger partial charge on any atom is 0.435 e. The van der Waals surface area contributed by atoms with Crippen molar-refractivity contribution in [3.8, 4) is 11.1 Å². The first-order chi connectivity index (χ1) is 12.5. The van der Waals surface area contributed by atoms with Crippen molar-refractivity contribution >= 4 is 22.6 Å². The second-order valence-corrected chi connectivity index (χ2v) is 6.70. The van der Waals surface area contributed by atoms with E-state index in [-0.39, 0.29) is 6.07 Å². The molecular formula is C16H6F11I. The number of alkyl halides is 10. The molecule has 0 atom stereocenters. The van der Waals surface area contributed by atoms with E-state index >= 15 is 0 Å². The fourth-order valence-electron chi connectivity index (χ4n) is 2.42. The maximum absolute atomic E-state index is 14.6. The molecule has 0 fully saturated rings. The summed E-state index contributed by atoms with van der Waals surface area (Å²) in [5, 5.41) is 0. The molecule has 12 heteroatoms. The minimum Gasteiger partial charge on any atom is -0.218 e. The van der Waals surface area contributed by atoms with E-state index in [4.69, 9.17) is 0 Å². The lowest BCUT2D eigenvalue weighted by Crippen LogP contribution is -2.51. The third-order valence-corrected chi connectivity index (χ3v) is 4.55. The molecule has 0 bridgehead atoms. The summed E-state index contributed by atoms with van der Waals surface area (Å²) in [7, 11) is 0. The monoisotopic (exact) mass is 534 g/mol. The third-order valence-electron chi connectivity index (χ3n) is 3.70. The van der Waals surface area contributed by atoms with Gasteiger partial charge in [-0.3, -0.25) is 0 Å². The van der Waals surface area contributed by atoms with E-state index in [1.807, 2.05) is 0 Å². The van der Waals surface area contributed by atoms with Gasteiger partial charge in [-0.05, 0) is 52.4 Å².